The number of nitrogens with one attached hydrogen (secondary N) is 2. The number of rotatable bonds is 9. The van der Waals surface area contributed by atoms with Crippen molar-refractivity contribution >= 4 is 28.9 Å². The molecular formula is C29H39N7O. The Hall–Kier alpha value is -3.49. The second-order valence-corrected chi connectivity index (χ2v) is 10.9. The molecule has 0 bridgehead atoms. The fourth-order valence-electron chi connectivity index (χ4n) is 5.07. The van der Waals surface area contributed by atoms with Crippen LogP contribution in [0.1, 0.15) is 20.8 Å². The SMILES string of the molecule is CC(=O)Nc1ccc(-c2ccnc(Nc3ccc(N4CCN(CC(C)(C)CN(C)C)CC4)cc3)n2)cc1. The normalized spacial score (nSPS) is 14.6. The van der Waals surface area contributed by atoms with Crippen LogP contribution in [0.5, 0.6) is 0 Å². The fourth-order valence-corrected chi connectivity index (χ4v) is 5.07. The highest BCUT2D eigenvalue weighted by molar-refractivity contribution is 5.88. The first kappa shape index (κ1) is 26.6. The predicted octanol–water partition coefficient (Wildman–Crippen LogP) is 4.56. The molecule has 37 heavy (non-hydrogen) atoms. The summed E-state index contributed by atoms with van der Waals surface area (Å²) < 4.78 is 0. The van der Waals surface area contributed by atoms with E-state index in [1.807, 2.05) is 30.3 Å². The summed E-state index contributed by atoms with van der Waals surface area (Å²) in [5.74, 6) is 0.458. The summed E-state index contributed by atoms with van der Waals surface area (Å²) in [5, 5.41) is 6.10. The number of amides is 1. The van der Waals surface area contributed by atoms with Gasteiger partial charge in [0.05, 0.1) is 5.69 Å². The highest BCUT2D eigenvalue weighted by Crippen LogP contribution is 2.25. The zero-order chi connectivity index (χ0) is 26.4. The number of anilines is 4. The second-order valence-electron chi connectivity index (χ2n) is 10.9. The first-order valence-corrected chi connectivity index (χ1v) is 12.9. The van der Waals surface area contributed by atoms with Gasteiger partial charge >= 0.3 is 0 Å². The van der Waals surface area contributed by atoms with Crippen molar-refractivity contribution in [1.82, 2.24) is 19.8 Å². The topological polar surface area (TPSA) is 76.6 Å². The average molecular weight is 502 g/mol. The lowest BCUT2D eigenvalue weighted by Crippen LogP contribution is -2.50. The number of aromatic nitrogens is 2. The zero-order valence-corrected chi connectivity index (χ0v) is 22.7. The monoisotopic (exact) mass is 501 g/mol. The van der Waals surface area contributed by atoms with E-state index in [2.05, 4.69) is 87.5 Å². The van der Waals surface area contributed by atoms with Gasteiger partial charge in [-0.1, -0.05) is 26.0 Å². The Labute approximate surface area is 220 Å². The first-order valence-electron chi connectivity index (χ1n) is 12.9. The molecule has 2 heterocycles. The molecule has 1 fully saturated rings. The molecule has 1 saturated heterocycles. The number of benzene rings is 2. The number of nitrogens with zero attached hydrogens (tertiary/aromatic N) is 5. The lowest BCUT2D eigenvalue weighted by Gasteiger charge is -2.40. The van der Waals surface area contributed by atoms with Crippen LogP contribution in [-0.4, -0.2) is 79.0 Å². The molecule has 4 rings (SSSR count). The Morgan fingerprint density at radius 2 is 1.59 bits per heavy atom. The average Bonchev–Trinajstić information content (AvgIpc) is 2.84. The summed E-state index contributed by atoms with van der Waals surface area (Å²) in [6.07, 6.45) is 1.75. The summed E-state index contributed by atoms with van der Waals surface area (Å²) in [6.45, 7) is 12.7. The van der Waals surface area contributed by atoms with E-state index in [-0.39, 0.29) is 11.3 Å². The maximum atomic E-state index is 11.2. The van der Waals surface area contributed by atoms with E-state index in [4.69, 9.17) is 0 Å². The third-order valence-corrected chi connectivity index (χ3v) is 6.41. The molecule has 2 aromatic carbocycles. The van der Waals surface area contributed by atoms with Crippen LogP contribution in [0, 0.1) is 5.41 Å². The molecule has 0 atom stereocenters. The van der Waals surface area contributed by atoms with Gasteiger partial charge in [0.2, 0.25) is 11.9 Å². The summed E-state index contributed by atoms with van der Waals surface area (Å²) in [7, 11) is 4.30. The van der Waals surface area contributed by atoms with Crippen molar-refractivity contribution in [1.29, 1.82) is 0 Å². The Kier molecular flexibility index (Phi) is 8.41. The number of carbonyl (C=O) groups is 1. The van der Waals surface area contributed by atoms with Crippen LogP contribution in [0.2, 0.25) is 0 Å². The zero-order valence-electron chi connectivity index (χ0n) is 22.7. The molecule has 1 aliphatic rings. The molecule has 0 unspecified atom stereocenters. The van der Waals surface area contributed by atoms with Gasteiger partial charge in [-0.2, -0.15) is 0 Å². The van der Waals surface area contributed by atoms with Gasteiger partial charge in [0.15, 0.2) is 0 Å². The molecule has 0 radical (unpaired) electrons. The summed E-state index contributed by atoms with van der Waals surface area (Å²) in [4.78, 5) is 27.6. The highest BCUT2D eigenvalue weighted by Gasteiger charge is 2.25. The quantitative estimate of drug-likeness (QED) is 0.445. The van der Waals surface area contributed by atoms with Crippen molar-refractivity contribution in [2.24, 2.45) is 5.41 Å². The molecule has 1 amide bonds. The minimum atomic E-state index is -0.0887. The molecule has 0 spiro atoms. The van der Waals surface area contributed by atoms with E-state index >= 15 is 0 Å². The molecule has 0 saturated carbocycles. The van der Waals surface area contributed by atoms with Crippen molar-refractivity contribution in [3.05, 3.63) is 60.8 Å². The largest absolute Gasteiger partial charge is 0.369 e. The van der Waals surface area contributed by atoms with E-state index in [9.17, 15) is 4.79 Å². The Bertz CT molecular complexity index is 1170. The van der Waals surface area contributed by atoms with Gasteiger partial charge in [-0.05, 0) is 62.0 Å². The molecule has 8 nitrogen and oxygen atoms in total. The van der Waals surface area contributed by atoms with E-state index in [0.29, 0.717) is 5.95 Å². The van der Waals surface area contributed by atoms with E-state index in [0.717, 1.165) is 61.9 Å². The number of carbonyl (C=O) groups excluding carboxylic acids is 1. The minimum Gasteiger partial charge on any atom is -0.369 e. The molecule has 1 aromatic heterocycles. The molecule has 196 valence electrons. The summed E-state index contributed by atoms with van der Waals surface area (Å²) >= 11 is 0. The minimum absolute atomic E-state index is 0.0887. The molecule has 1 aliphatic heterocycles. The van der Waals surface area contributed by atoms with Crippen LogP contribution < -0.4 is 15.5 Å². The van der Waals surface area contributed by atoms with Gasteiger partial charge in [-0.3, -0.25) is 9.69 Å². The maximum Gasteiger partial charge on any atom is 0.227 e. The summed E-state index contributed by atoms with van der Waals surface area (Å²) in [5.41, 5.74) is 5.01. The van der Waals surface area contributed by atoms with Crippen LogP contribution in [0.15, 0.2) is 60.8 Å². The standard InChI is InChI=1S/C29H39N7O/c1-22(37)31-24-8-6-23(7-9-24)27-14-15-30-28(33-27)32-25-10-12-26(13-11-25)36-18-16-35(17-19-36)21-29(2,3)20-34(4)5/h6-15H,16-21H2,1-5H3,(H,31,37)(H,30,32,33). The summed E-state index contributed by atoms with van der Waals surface area (Å²) in [6, 6.07) is 18.0. The maximum absolute atomic E-state index is 11.2. The molecule has 8 heteroatoms. The lowest BCUT2D eigenvalue weighted by atomic mass is 9.92. The molecule has 0 aliphatic carbocycles. The highest BCUT2D eigenvalue weighted by atomic mass is 16.1. The van der Waals surface area contributed by atoms with Gasteiger partial charge in [0.25, 0.3) is 0 Å². The van der Waals surface area contributed by atoms with Gasteiger partial charge in [0.1, 0.15) is 0 Å². The van der Waals surface area contributed by atoms with Crippen LogP contribution in [0.25, 0.3) is 11.3 Å². The van der Waals surface area contributed by atoms with Crippen molar-refractivity contribution < 1.29 is 4.79 Å². The fraction of sp³-hybridized carbons (Fsp3) is 0.414. The molecule has 3 aromatic rings. The van der Waals surface area contributed by atoms with Gasteiger partial charge in [-0.15, -0.1) is 0 Å². The Morgan fingerprint density at radius 3 is 2.22 bits per heavy atom. The number of hydrogen-bond acceptors (Lipinski definition) is 7. The molecule has 2 N–H and O–H groups in total. The first-order chi connectivity index (χ1) is 17.7. The van der Waals surface area contributed by atoms with Crippen LogP contribution >= 0.6 is 0 Å². The van der Waals surface area contributed by atoms with Gasteiger partial charge in [0, 0.05) is 75.0 Å². The molecular weight excluding hydrogens is 462 g/mol. The third kappa shape index (κ3) is 7.74. The van der Waals surface area contributed by atoms with Crippen LogP contribution in [-0.2, 0) is 4.79 Å². The van der Waals surface area contributed by atoms with Gasteiger partial charge in [-0.25, -0.2) is 9.97 Å². The Morgan fingerprint density at radius 1 is 0.946 bits per heavy atom. The number of hydrogen-bond donors (Lipinski definition) is 2. The smallest absolute Gasteiger partial charge is 0.227 e. The second kappa shape index (κ2) is 11.7. The lowest BCUT2D eigenvalue weighted by molar-refractivity contribution is -0.114. The predicted molar refractivity (Wildman–Crippen MR) is 152 cm³/mol. The third-order valence-electron chi connectivity index (χ3n) is 6.41. The van der Waals surface area contributed by atoms with Crippen molar-refractivity contribution in [2.45, 2.75) is 20.8 Å². The van der Waals surface area contributed by atoms with E-state index in [1.54, 1.807) is 6.20 Å². The van der Waals surface area contributed by atoms with Crippen LogP contribution in [0.3, 0.4) is 0 Å². The van der Waals surface area contributed by atoms with Gasteiger partial charge < -0.3 is 20.4 Å². The van der Waals surface area contributed by atoms with Crippen molar-refractivity contribution in [2.75, 3.05) is 68.9 Å². The van der Waals surface area contributed by atoms with E-state index in [1.165, 1.54) is 12.6 Å². The Balaban J connectivity index is 1.32. The number of piperazine rings is 1. The van der Waals surface area contributed by atoms with Crippen molar-refractivity contribution in [3.63, 3.8) is 0 Å². The van der Waals surface area contributed by atoms with E-state index < -0.39 is 0 Å². The van der Waals surface area contributed by atoms with Crippen molar-refractivity contribution in [3.8, 4) is 11.3 Å². The van der Waals surface area contributed by atoms with Crippen LogP contribution in [0.4, 0.5) is 23.0 Å².